The smallest absolute Gasteiger partial charge is 0.376 e. The molecule has 0 fully saturated rings. The van der Waals surface area contributed by atoms with Gasteiger partial charge >= 0.3 is 5.97 Å². The number of esters is 1. The van der Waals surface area contributed by atoms with Crippen molar-refractivity contribution < 1.29 is 14.6 Å². The van der Waals surface area contributed by atoms with Crippen molar-refractivity contribution in [1.82, 2.24) is 9.97 Å². The predicted molar refractivity (Wildman–Crippen MR) is 76.6 cm³/mol. The molecule has 0 bridgehead atoms. The highest BCUT2D eigenvalue weighted by atomic mass is 16.5. The van der Waals surface area contributed by atoms with Crippen LogP contribution in [0.1, 0.15) is 50.1 Å². The van der Waals surface area contributed by atoms with Gasteiger partial charge in [0, 0.05) is 12.7 Å². The van der Waals surface area contributed by atoms with E-state index < -0.39 is 11.6 Å². The number of rotatable bonds is 8. The van der Waals surface area contributed by atoms with Crippen molar-refractivity contribution in [3.63, 3.8) is 0 Å². The number of hydrogen-bond donors (Lipinski definition) is 2. The van der Waals surface area contributed by atoms with E-state index in [4.69, 9.17) is 0 Å². The Labute approximate surface area is 119 Å². The predicted octanol–water partition coefficient (Wildman–Crippen LogP) is 2.01. The number of hydrogen-bond acceptors (Lipinski definition) is 6. The van der Waals surface area contributed by atoms with Gasteiger partial charge in [0.1, 0.15) is 5.82 Å². The van der Waals surface area contributed by atoms with Gasteiger partial charge in [0.05, 0.1) is 12.7 Å². The summed E-state index contributed by atoms with van der Waals surface area (Å²) in [6.45, 7) is 4.48. The van der Waals surface area contributed by atoms with Crippen LogP contribution >= 0.6 is 0 Å². The molecule has 112 valence electrons. The first-order chi connectivity index (χ1) is 9.54. The van der Waals surface area contributed by atoms with Crippen LogP contribution in [0.25, 0.3) is 0 Å². The number of aromatic nitrogens is 2. The van der Waals surface area contributed by atoms with E-state index >= 15 is 0 Å². The number of carbonyl (C=O) groups is 1. The van der Waals surface area contributed by atoms with Crippen molar-refractivity contribution in [3.8, 4) is 0 Å². The average molecular weight is 281 g/mol. The van der Waals surface area contributed by atoms with Gasteiger partial charge in [-0.05, 0) is 18.9 Å². The Morgan fingerprint density at radius 2 is 2.05 bits per heavy atom. The van der Waals surface area contributed by atoms with Gasteiger partial charge < -0.3 is 15.2 Å². The van der Waals surface area contributed by atoms with Crippen LogP contribution in [-0.4, -0.2) is 40.3 Å². The number of ether oxygens (including phenoxy) is 1. The lowest BCUT2D eigenvalue weighted by atomic mass is 9.93. The third-order valence-electron chi connectivity index (χ3n) is 3.05. The fourth-order valence-corrected chi connectivity index (χ4v) is 2.13. The second-order valence-electron chi connectivity index (χ2n) is 4.83. The Kier molecular flexibility index (Phi) is 6.38. The molecule has 0 amide bonds. The van der Waals surface area contributed by atoms with Gasteiger partial charge in [-0.25, -0.2) is 14.8 Å². The van der Waals surface area contributed by atoms with Gasteiger partial charge in [-0.1, -0.05) is 26.7 Å². The highest BCUT2D eigenvalue weighted by Gasteiger charge is 2.24. The van der Waals surface area contributed by atoms with Crippen molar-refractivity contribution in [1.29, 1.82) is 0 Å². The number of carbonyl (C=O) groups excluding carboxylic acids is 1. The molecule has 1 aromatic rings. The Morgan fingerprint density at radius 3 is 2.60 bits per heavy atom. The molecule has 0 spiro atoms. The van der Waals surface area contributed by atoms with Gasteiger partial charge in [-0.3, -0.25) is 0 Å². The third-order valence-corrected chi connectivity index (χ3v) is 3.05. The van der Waals surface area contributed by atoms with E-state index in [-0.39, 0.29) is 5.82 Å². The molecular formula is C14H23N3O3. The molecule has 0 aromatic carbocycles. The lowest BCUT2D eigenvalue weighted by Gasteiger charge is -2.28. The van der Waals surface area contributed by atoms with Crippen molar-refractivity contribution in [3.05, 3.63) is 18.1 Å². The minimum Gasteiger partial charge on any atom is -0.463 e. The highest BCUT2D eigenvalue weighted by molar-refractivity contribution is 5.85. The number of nitrogens with zero attached hydrogens (tertiary/aromatic N) is 2. The second-order valence-corrected chi connectivity index (χ2v) is 4.83. The summed E-state index contributed by atoms with van der Waals surface area (Å²) in [5.41, 5.74) is -0.750. The third kappa shape index (κ3) is 4.77. The highest BCUT2D eigenvalue weighted by Crippen LogP contribution is 2.20. The number of anilines is 1. The molecule has 6 nitrogen and oxygen atoms in total. The zero-order valence-corrected chi connectivity index (χ0v) is 12.3. The molecular weight excluding hydrogens is 258 g/mol. The summed E-state index contributed by atoms with van der Waals surface area (Å²) in [4.78, 5) is 19.2. The Morgan fingerprint density at radius 1 is 1.40 bits per heavy atom. The van der Waals surface area contributed by atoms with Crippen LogP contribution in [-0.2, 0) is 4.74 Å². The van der Waals surface area contributed by atoms with E-state index in [1.54, 1.807) is 6.07 Å². The molecule has 1 heterocycles. The molecule has 0 aliphatic heterocycles. The fraction of sp³-hybridized carbons (Fsp3) is 0.643. The van der Waals surface area contributed by atoms with Gasteiger partial charge in [-0.2, -0.15) is 0 Å². The van der Waals surface area contributed by atoms with E-state index in [9.17, 15) is 9.90 Å². The maximum Gasteiger partial charge on any atom is 0.376 e. The summed E-state index contributed by atoms with van der Waals surface area (Å²) in [5.74, 6) is -0.0657. The molecule has 0 unspecified atom stereocenters. The SMILES string of the molecule is CCCC(O)(CCC)CNc1ccnc(C(=O)OC)n1. The lowest BCUT2D eigenvalue weighted by Crippen LogP contribution is -2.37. The Hall–Kier alpha value is -1.69. The van der Waals surface area contributed by atoms with Gasteiger partial charge in [0.15, 0.2) is 0 Å². The molecule has 0 aliphatic carbocycles. The van der Waals surface area contributed by atoms with E-state index in [0.717, 1.165) is 25.7 Å². The van der Waals surface area contributed by atoms with Crippen molar-refractivity contribution >= 4 is 11.8 Å². The lowest BCUT2D eigenvalue weighted by molar-refractivity contribution is 0.0343. The molecule has 0 aliphatic rings. The maximum atomic E-state index is 11.3. The summed E-state index contributed by atoms with van der Waals surface area (Å²) in [5, 5.41) is 13.6. The maximum absolute atomic E-state index is 11.3. The molecule has 2 N–H and O–H groups in total. The molecule has 1 aromatic heterocycles. The fourth-order valence-electron chi connectivity index (χ4n) is 2.13. The van der Waals surface area contributed by atoms with Gasteiger partial charge in [0.25, 0.3) is 0 Å². The quantitative estimate of drug-likeness (QED) is 0.709. The van der Waals surface area contributed by atoms with Crippen LogP contribution in [0, 0.1) is 0 Å². The molecule has 1 rings (SSSR count). The summed E-state index contributed by atoms with van der Waals surface area (Å²) >= 11 is 0. The van der Waals surface area contributed by atoms with Gasteiger partial charge in [0.2, 0.25) is 5.82 Å². The molecule has 0 atom stereocenters. The first kappa shape index (κ1) is 16.4. The molecule has 0 saturated heterocycles. The summed E-state index contributed by atoms with van der Waals surface area (Å²) in [6.07, 6.45) is 4.76. The van der Waals surface area contributed by atoms with Gasteiger partial charge in [-0.15, -0.1) is 0 Å². The molecule has 0 radical (unpaired) electrons. The van der Waals surface area contributed by atoms with Crippen molar-refractivity contribution in [2.45, 2.75) is 45.1 Å². The van der Waals surface area contributed by atoms with E-state index in [2.05, 4.69) is 20.0 Å². The zero-order valence-electron chi connectivity index (χ0n) is 12.3. The number of nitrogens with one attached hydrogen (secondary N) is 1. The van der Waals surface area contributed by atoms with Crippen LogP contribution in [0.4, 0.5) is 5.82 Å². The zero-order chi connectivity index (χ0) is 15.0. The summed E-state index contributed by atoms with van der Waals surface area (Å²) in [6, 6.07) is 1.66. The van der Waals surface area contributed by atoms with Crippen LogP contribution in [0.2, 0.25) is 0 Å². The van der Waals surface area contributed by atoms with Crippen LogP contribution in [0.15, 0.2) is 12.3 Å². The normalized spacial score (nSPS) is 11.2. The first-order valence-electron chi connectivity index (χ1n) is 6.92. The Balaban J connectivity index is 2.70. The number of methoxy groups -OCH3 is 1. The standard InChI is InChI=1S/C14H23N3O3/c1-4-7-14(19,8-5-2)10-16-11-6-9-15-12(17-11)13(18)20-3/h6,9,19H,4-5,7-8,10H2,1-3H3,(H,15,16,17). The Bertz CT molecular complexity index is 431. The second kappa shape index (κ2) is 7.79. The van der Waals surface area contributed by atoms with Crippen LogP contribution in [0.3, 0.4) is 0 Å². The van der Waals surface area contributed by atoms with Crippen LogP contribution in [0.5, 0.6) is 0 Å². The molecule has 6 heteroatoms. The summed E-state index contributed by atoms with van der Waals surface area (Å²) in [7, 11) is 1.28. The first-order valence-corrected chi connectivity index (χ1v) is 6.92. The molecule has 0 saturated carbocycles. The minimum absolute atomic E-state index is 0.00650. The largest absolute Gasteiger partial charge is 0.463 e. The topological polar surface area (TPSA) is 84.3 Å². The minimum atomic E-state index is -0.750. The molecule has 20 heavy (non-hydrogen) atoms. The van der Waals surface area contributed by atoms with E-state index in [1.807, 2.05) is 13.8 Å². The van der Waals surface area contributed by atoms with Crippen molar-refractivity contribution in [2.75, 3.05) is 19.0 Å². The van der Waals surface area contributed by atoms with Crippen molar-refractivity contribution in [2.24, 2.45) is 0 Å². The number of aliphatic hydroxyl groups is 1. The summed E-state index contributed by atoms with van der Waals surface area (Å²) < 4.78 is 4.57. The van der Waals surface area contributed by atoms with Crippen LogP contribution < -0.4 is 5.32 Å². The van der Waals surface area contributed by atoms with E-state index in [0.29, 0.717) is 12.4 Å². The average Bonchev–Trinajstić information content (AvgIpc) is 2.45. The monoisotopic (exact) mass is 281 g/mol. The van der Waals surface area contributed by atoms with E-state index in [1.165, 1.54) is 13.3 Å².